The molecule has 0 saturated heterocycles. The molecule has 0 fully saturated rings. The summed E-state index contributed by atoms with van der Waals surface area (Å²) in [6.07, 6.45) is 1.21. The van der Waals surface area contributed by atoms with Crippen molar-refractivity contribution in [1.29, 1.82) is 0 Å². The van der Waals surface area contributed by atoms with Gasteiger partial charge < -0.3 is 50.9 Å². The molecule has 0 aliphatic carbocycles. The summed E-state index contributed by atoms with van der Waals surface area (Å²) >= 11 is 1.60. The second kappa shape index (κ2) is 22.9. The van der Waals surface area contributed by atoms with E-state index in [0.29, 0.717) is 0 Å². The first-order valence-corrected chi connectivity index (χ1v) is 3.78. The first kappa shape index (κ1) is 22.5. The van der Waals surface area contributed by atoms with E-state index in [2.05, 4.69) is 0 Å². The molecule has 5 heteroatoms. The van der Waals surface area contributed by atoms with E-state index < -0.39 is 0 Å². The third-order valence-electron chi connectivity index (χ3n) is 0.381. The smallest absolute Gasteiger partial charge is 1.00 e. The maximum atomic E-state index is 5.15. The zero-order chi connectivity index (χ0) is 4.12. The van der Waals surface area contributed by atoms with Gasteiger partial charge in [-0.25, -0.2) is 0 Å². The van der Waals surface area contributed by atoms with Gasteiger partial charge in [-0.15, -0.1) is 0 Å². The molecule has 0 aliphatic heterocycles. The molecule has 0 aromatic carbocycles. The molecule has 1 nitrogen and oxygen atoms in total. The van der Waals surface area contributed by atoms with Crippen molar-refractivity contribution in [3.8, 4) is 0 Å². The van der Waals surface area contributed by atoms with E-state index in [0.717, 1.165) is 6.54 Å². The van der Waals surface area contributed by atoms with Gasteiger partial charge in [0, 0.05) is 0 Å². The molecule has 50 valence electrons. The molecule has 0 aliphatic rings. The van der Waals surface area contributed by atoms with Crippen molar-refractivity contribution in [1.82, 2.24) is 0 Å². The van der Waals surface area contributed by atoms with Crippen LogP contribution in [0.3, 0.4) is 0 Å². The van der Waals surface area contributed by atoms with Crippen LogP contribution in [0.5, 0.6) is 0 Å². The molecule has 0 saturated carbocycles. The predicted molar refractivity (Wildman–Crippen MR) is 24.2 cm³/mol. The minimum atomic E-state index is 0. The molecule has 0 aromatic heterocycles. The summed E-state index contributed by atoms with van der Waals surface area (Å²) in [5, 5.41) is 0. The van der Waals surface area contributed by atoms with Gasteiger partial charge in [0.05, 0.1) is 0 Å². The quantitative estimate of drug-likeness (QED) is 0.445. The van der Waals surface area contributed by atoms with Crippen molar-refractivity contribution in [3.05, 3.63) is 0 Å². The summed E-state index contributed by atoms with van der Waals surface area (Å²) in [6.45, 7) is 0.866. The molecule has 0 rings (SSSR count). The Morgan fingerprint density at radius 2 is 1.50 bits per heavy atom. The summed E-state index contributed by atoms with van der Waals surface area (Å²) in [7, 11) is 0. The summed E-state index contributed by atoms with van der Waals surface area (Å²) in [5.41, 5.74) is 5.15. The van der Waals surface area contributed by atoms with Crippen molar-refractivity contribution < 1.29 is 50.9 Å². The van der Waals surface area contributed by atoms with Gasteiger partial charge in [0.25, 0.3) is 0 Å². The average Bonchev–Trinajstić information content (AvgIpc) is 1.41. The Morgan fingerprint density at radius 3 is 1.50 bits per heavy atom. The van der Waals surface area contributed by atoms with Gasteiger partial charge in [0.2, 0.25) is 0 Å². The minimum absolute atomic E-state index is 0. The van der Waals surface area contributed by atoms with Gasteiger partial charge in [-0.2, -0.15) is 0 Å². The Balaban J connectivity index is -0.0000000267. The van der Waals surface area contributed by atoms with Gasteiger partial charge >= 0.3 is 45.7 Å². The second-order valence-corrected chi connectivity index (χ2v) is 2.32. The van der Waals surface area contributed by atoms with E-state index in [-0.39, 0.29) is 50.9 Å². The summed E-state index contributed by atoms with van der Waals surface area (Å²) in [4.78, 5) is 0. The monoisotopic (exact) mass is 415 g/mol. The van der Waals surface area contributed by atoms with Crippen LogP contribution in [0.1, 0.15) is 6.42 Å². The van der Waals surface area contributed by atoms with E-state index in [1.165, 1.54) is 10.9 Å². The topological polar surface area (TPSA) is 26.0 Å². The minimum Gasteiger partial charge on any atom is -1.00 e. The van der Waals surface area contributed by atoms with Crippen LogP contribution in [0.15, 0.2) is 0 Å². The van der Waals surface area contributed by atoms with Crippen LogP contribution in [-0.4, -0.2) is 29.1 Å². The van der Waals surface area contributed by atoms with Gasteiger partial charge in [0.15, 0.2) is 0 Å². The van der Waals surface area contributed by atoms with Crippen LogP contribution in [0, 0.1) is 0 Å². The second-order valence-electron chi connectivity index (χ2n) is 0.892. The number of rotatable bonds is 2. The molecule has 8 heavy (non-hydrogen) atoms. The molecule has 0 spiro atoms. The molecule has 0 radical (unpaired) electrons. The van der Waals surface area contributed by atoms with E-state index in [1.807, 2.05) is 0 Å². The molecule has 0 heterocycles. The Labute approximate surface area is 95.6 Å². The third-order valence-corrected chi connectivity index (χ3v) is 1.39. The molecular formula is C3H8Br3NSn. The van der Waals surface area contributed by atoms with Gasteiger partial charge in [0.1, 0.15) is 0 Å². The van der Waals surface area contributed by atoms with Crippen LogP contribution >= 0.6 is 0 Å². The fourth-order valence-electron chi connectivity index (χ4n) is 0.102. The fourth-order valence-corrected chi connectivity index (χ4v) is 0.685. The normalized spacial score (nSPS) is 5.38. The molecule has 0 unspecified atom stereocenters. The van der Waals surface area contributed by atoms with Crippen LogP contribution in [0.25, 0.3) is 0 Å². The molecule has 0 aromatic rings. The van der Waals surface area contributed by atoms with Gasteiger partial charge in [-0.05, 0) is 0 Å². The van der Waals surface area contributed by atoms with Crippen LogP contribution in [0.4, 0.5) is 0 Å². The summed E-state index contributed by atoms with van der Waals surface area (Å²) in [6, 6.07) is 0. The number of hydrogen-bond acceptors (Lipinski definition) is 1. The van der Waals surface area contributed by atoms with E-state index in [1.54, 1.807) is 22.5 Å². The van der Waals surface area contributed by atoms with Crippen molar-refractivity contribution in [2.24, 2.45) is 5.73 Å². The molecule has 0 atom stereocenters. The molecule has 2 N–H and O–H groups in total. The number of nitrogens with two attached hydrogens (primary N) is 1. The van der Waals surface area contributed by atoms with Crippen LogP contribution in [-0.2, 0) is 0 Å². The molecular weight excluding hydrogens is 408 g/mol. The largest absolute Gasteiger partial charge is 1.00 e. The van der Waals surface area contributed by atoms with Gasteiger partial charge in [-0.1, -0.05) is 0 Å². The zero-order valence-corrected chi connectivity index (χ0v) is 11.9. The molecule has 0 bridgehead atoms. The average molecular weight is 417 g/mol. The SMILES string of the molecule is NCC[CH2][Sn+3].[Br-].[Br-].[Br-]. The molecule has 0 amide bonds. The van der Waals surface area contributed by atoms with E-state index in [4.69, 9.17) is 5.73 Å². The van der Waals surface area contributed by atoms with E-state index >= 15 is 0 Å². The summed E-state index contributed by atoms with van der Waals surface area (Å²) in [5.74, 6) is 0. The Hall–Kier alpha value is 2.20. The zero-order valence-electron chi connectivity index (χ0n) is 4.33. The van der Waals surface area contributed by atoms with Crippen molar-refractivity contribution in [2.45, 2.75) is 10.9 Å². The maximum Gasteiger partial charge on any atom is -1.00 e. The first-order chi connectivity index (χ1) is 2.41. The predicted octanol–water partition coefficient (Wildman–Crippen LogP) is -9.07. The first-order valence-electron chi connectivity index (χ1n) is 1.76. The Kier molecular flexibility index (Phi) is 64.2. The maximum absolute atomic E-state index is 5.15. The van der Waals surface area contributed by atoms with Crippen molar-refractivity contribution >= 4 is 22.5 Å². The fraction of sp³-hybridized carbons (Fsp3) is 1.00. The standard InChI is InChI=1S/C3H8N.3BrH.Sn/c1-2-3-4;;;;/h1-4H2;3*1H;/q;;;;+3/p-3. The third kappa shape index (κ3) is 24.1. The van der Waals surface area contributed by atoms with Crippen LogP contribution in [0.2, 0.25) is 4.44 Å². The van der Waals surface area contributed by atoms with Crippen molar-refractivity contribution in [2.75, 3.05) is 6.54 Å². The van der Waals surface area contributed by atoms with Gasteiger partial charge in [-0.3, -0.25) is 0 Å². The Bertz CT molecular complexity index is 22.0. The summed E-state index contributed by atoms with van der Waals surface area (Å²) < 4.78 is 1.31. The Morgan fingerprint density at radius 1 is 1.12 bits per heavy atom. The van der Waals surface area contributed by atoms with Crippen LogP contribution < -0.4 is 56.7 Å². The number of hydrogen-bond donors (Lipinski definition) is 1. The van der Waals surface area contributed by atoms with E-state index in [9.17, 15) is 0 Å². The number of halogens is 3. The van der Waals surface area contributed by atoms with Crippen molar-refractivity contribution in [3.63, 3.8) is 0 Å².